The topological polar surface area (TPSA) is 132 Å². The van der Waals surface area contributed by atoms with Gasteiger partial charge in [0.2, 0.25) is 0 Å². The van der Waals surface area contributed by atoms with E-state index >= 15 is 4.39 Å². The third kappa shape index (κ3) is 6.24. The van der Waals surface area contributed by atoms with Gasteiger partial charge in [-0.2, -0.15) is 10.4 Å². The zero-order valence-electron chi connectivity index (χ0n) is 26.2. The van der Waals surface area contributed by atoms with Crippen LogP contribution in [-0.2, 0) is 19.4 Å². The van der Waals surface area contributed by atoms with Gasteiger partial charge in [-0.15, -0.1) is 0 Å². The van der Waals surface area contributed by atoms with Gasteiger partial charge in [-0.25, -0.2) is 17.5 Å². The molecule has 0 saturated carbocycles. The van der Waals surface area contributed by atoms with Crippen molar-refractivity contribution in [1.82, 2.24) is 14.7 Å². The second-order valence-corrected chi connectivity index (χ2v) is 13.6. The van der Waals surface area contributed by atoms with E-state index in [2.05, 4.69) is 0 Å². The molecule has 10 nitrogen and oxygen atoms in total. The zero-order valence-corrected chi connectivity index (χ0v) is 27.0. The maximum atomic E-state index is 15.2. The normalized spacial score (nSPS) is 18.3. The van der Waals surface area contributed by atoms with Crippen molar-refractivity contribution in [3.05, 3.63) is 107 Å². The molecule has 2 aliphatic heterocycles. The van der Waals surface area contributed by atoms with E-state index in [-0.39, 0.29) is 34.6 Å². The van der Waals surface area contributed by atoms with Crippen molar-refractivity contribution in [2.75, 3.05) is 25.2 Å². The number of carbonyl (C=O) groups excluding carboxylic acids is 2. The molecule has 0 spiro atoms. The first-order valence-corrected chi connectivity index (χ1v) is 17.1. The average Bonchev–Trinajstić information content (AvgIpc) is 3.68. The van der Waals surface area contributed by atoms with Crippen LogP contribution >= 0.6 is 0 Å². The fraction of sp³-hybridized carbons (Fsp3) is 0.222. The maximum absolute atomic E-state index is 15.2. The number of methoxy groups -OCH3 is 1. The molecule has 0 N–H and O–H groups in total. The summed E-state index contributed by atoms with van der Waals surface area (Å²) < 4.78 is 52.5. The number of nitriles is 1. The lowest BCUT2D eigenvalue weighted by Gasteiger charge is -2.32. The summed E-state index contributed by atoms with van der Waals surface area (Å²) in [6.45, 7) is 2.26. The summed E-state index contributed by atoms with van der Waals surface area (Å²) in [4.78, 5) is 29.1. The van der Waals surface area contributed by atoms with E-state index in [0.29, 0.717) is 46.8 Å². The van der Waals surface area contributed by atoms with Gasteiger partial charge in [0.25, 0.3) is 11.8 Å². The molecule has 0 aliphatic carbocycles. The summed E-state index contributed by atoms with van der Waals surface area (Å²) in [7, 11) is -1.99. The lowest BCUT2D eigenvalue weighted by molar-refractivity contribution is -0.142. The van der Waals surface area contributed by atoms with Gasteiger partial charge < -0.3 is 9.47 Å². The molecule has 244 valence electrons. The second kappa shape index (κ2) is 13.3. The standard InChI is InChI=1S/C36H31FN4O6S/c1-3-16-47-32-14-11-24(19-31(32)37)34-25(21-40(39-34)26-7-5-4-6-8-26)18-29-33(23-9-12-28(46-2)13-10-23)30(20-38)36(43)41(35(29)42)27-15-17-48(44,45)22-27/h4-14,18-19,21,27H,3,15-17,22H2,1-2H3/b29-18-. The number of sulfone groups is 1. The van der Waals surface area contributed by atoms with Crippen LogP contribution in [0.15, 0.2) is 90.1 Å². The molecule has 12 heteroatoms. The Bertz CT molecular complexity index is 2120. The van der Waals surface area contributed by atoms with Crippen LogP contribution in [0, 0.1) is 17.1 Å². The number of hydrogen-bond acceptors (Lipinski definition) is 8. The Morgan fingerprint density at radius 2 is 1.77 bits per heavy atom. The Hall–Kier alpha value is -5.54. The summed E-state index contributed by atoms with van der Waals surface area (Å²) in [6, 6.07) is 21.3. The molecule has 0 bridgehead atoms. The van der Waals surface area contributed by atoms with Crippen LogP contribution in [0.3, 0.4) is 0 Å². The third-order valence-electron chi connectivity index (χ3n) is 8.20. The van der Waals surface area contributed by atoms with Crippen molar-refractivity contribution in [2.45, 2.75) is 25.8 Å². The van der Waals surface area contributed by atoms with Crippen molar-refractivity contribution in [1.29, 1.82) is 5.26 Å². The molecule has 4 aromatic rings. The van der Waals surface area contributed by atoms with E-state index in [1.165, 1.54) is 25.3 Å². The fourth-order valence-electron chi connectivity index (χ4n) is 5.86. The predicted molar refractivity (Wildman–Crippen MR) is 177 cm³/mol. The van der Waals surface area contributed by atoms with Gasteiger partial charge in [-0.3, -0.25) is 14.5 Å². The van der Waals surface area contributed by atoms with Crippen LogP contribution in [0.5, 0.6) is 11.5 Å². The minimum atomic E-state index is -3.49. The number of aromatic nitrogens is 2. The Labute approximate surface area is 277 Å². The van der Waals surface area contributed by atoms with Crippen LogP contribution < -0.4 is 9.47 Å². The first-order chi connectivity index (χ1) is 23.1. The highest BCUT2D eigenvalue weighted by atomic mass is 32.2. The van der Waals surface area contributed by atoms with Crippen LogP contribution in [0.2, 0.25) is 0 Å². The van der Waals surface area contributed by atoms with Crippen molar-refractivity contribution < 1.29 is 31.9 Å². The number of carbonyl (C=O) groups is 2. The zero-order chi connectivity index (χ0) is 34.0. The number of halogens is 1. The Kier molecular flexibility index (Phi) is 8.97. The molecule has 1 aromatic heterocycles. The van der Waals surface area contributed by atoms with Crippen LogP contribution in [0.25, 0.3) is 28.6 Å². The highest BCUT2D eigenvalue weighted by Gasteiger charge is 2.45. The maximum Gasteiger partial charge on any atom is 0.272 e. The van der Waals surface area contributed by atoms with Gasteiger partial charge in [-0.1, -0.05) is 37.3 Å². The number of rotatable bonds is 9. The molecule has 1 saturated heterocycles. The molecular weight excluding hydrogens is 635 g/mol. The minimum Gasteiger partial charge on any atom is -0.497 e. The summed E-state index contributed by atoms with van der Waals surface area (Å²) in [5.74, 6) is -2.16. The van der Waals surface area contributed by atoms with Crippen molar-refractivity contribution in [3.8, 4) is 34.5 Å². The highest BCUT2D eigenvalue weighted by Crippen LogP contribution is 2.39. The monoisotopic (exact) mass is 666 g/mol. The lowest BCUT2D eigenvalue weighted by atomic mass is 9.86. The van der Waals surface area contributed by atoms with Gasteiger partial charge in [0.05, 0.1) is 42.5 Å². The average molecular weight is 667 g/mol. The Morgan fingerprint density at radius 1 is 1.04 bits per heavy atom. The SMILES string of the molecule is CCCOc1ccc(-c2nn(-c3ccccc3)cc2/C=C2\C(=O)N(C3CCS(=O)(=O)C3)C(=O)C(C#N)=C2c2ccc(OC)cc2)cc1F. The fourth-order valence-corrected chi connectivity index (χ4v) is 7.56. The first kappa shape index (κ1) is 32.4. The van der Waals surface area contributed by atoms with E-state index in [1.807, 2.05) is 43.3 Å². The van der Waals surface area contributed by atoms with Crippen molar-refractivity contribution >= 4 is 33.3 Å². The molecule has 0 radical (unpaired) electrons. The number of benzene rings is 3. The lowest BCUT2D eigenvalue weighted by Crippen LogP contribution is -2.49. The quantitative estimate of drug-likeness (QED) is 0.172. The van der Waals surface area contributed by atoms with Crippen molar-refractivity contribution in [3.63, 3.8) is 0 Å². The number of hydrogen-bond donors (Lipinski definition) is 0. The largest absolute Gasteiger partial charge is 0.497 e. The Morgan fingerprint density at radius 3 is 2.40 bits per heavy atom. The minimum absolute atomic E-state index is 0.0159. The Balaban J connectivity index is 1.58. The summed E-state index contributed by atoms with van der Waals surface area (Å²) in [5, 5.41) is 15.1. The van der Waals surface area contributed by atoms with Gasteiger partial charge in [0.15, 0.2) is 21.4 Å². The summed E-state index contributed by atoms with van der Waals surface area (Å²) >= 11 is 0. The molecule has 1 fully saturated rings. The van der Waals surface area contributed by atoms with Gasteiger partial charge in [0.1, 0.15) is 23.1 Å². The number of imide groups is 1. The van der Waals surface area contributed by atoms with Gasteiger partial charge in [0, 0.05) is 22.9 Å². The summed E-state index contributed by atoms with van der Waals surface area (Å²) in [5.41, 5.74) is 1.96. The number of nitrogens with zero attached hydrogens (tertiary/aromatic N) is 4. The van der Waals surface area contributed by atoms with E-state index in [0.717, 1.165) is 4.90 Å². The molecule has 1 unspecified atom stereocenters. The van der Waals surface area contributed by atoms with E-state index in [9.17, 15) is 23.3 Å². The van der Waals surface area contributed by atoms with Crippen LogP contribution in [0.4, 0.5) is 4.39 Å². The molecule has 6 rings (SSSR count). The summed E-state index contributed by atoms with van der Waals surface area (Å²) in [6.07, 6.45) is 3.95. The second-order valence-electron chi connectivity index (χ2n) is 11.4. The van der Waals surface area contributed by atoms with Crippen molar-refractivity contribution in [2.24, 2.45) is 0 Å². The smallest absolute Gasteiger partial charge is 0.272 e. The third-order valence-corrected chi connectivity index (χ3v) is 9.95. The highest BCUT2D eigenvalue weighted by molar-refractivity contribution is 7.91. The first-order valence-electron chi connectivity index (χ1n) is 15.3. The number of ether oxygens (including phenoxy) is 2. The molecule has 2 aliphatic rings. The molecule has 48 heavy (non-hydrogen) atoms. The van der Waals surface area contributed by atoms with Crippen LogP contribution in [-0.4, -0.2) is 66.2 Å². The predicted octanol–water partition coefficient (Wildman–Crippen LogP) is 5.39. The van der Waals surface area contributed by atoms with E-state index in [4.69, 9.17) is 14.6 Å². The molecular formula is C36H31FN4O6S. The molecule has 1 atom stereocenters. The van der Waals surface area contributed by atoms with E-state index in [1.54, 1.807) is 41.2 Å². The van der Waals surface area contributed by atoms with Gasteiger partial charge >= 0.3 is 0 Å². The number of amides is 2. The molecule has 3 heterocycles. The van der Waals surface area contributed by atoms with E-state index < -0.39 is 39.3 Å². The van der Waals surface area contributed by atoms with Gasteiger partial charge in [-0.05, 0) is 66.9 Å². The molecule has 3 aromatic carbocycles. The van der Waals surface area contributed by atoms with Crippen LogP contribution in [0.1, 0.15) is 30.9 Å². The number of para-hydroxylation sites is 1. The molecule has 2 amide bonds.